The summed E-state index contributed by atoms with van der Waals surface area (Å²) in [6, 6.07) is 23.3. The molecule has 3 rings (SSSR count). The van der Waals surface area contributed by atoms with Gasteiger partial charge in [0.2, 0.25) is 0 Å². The van der Waals surface area contributed by atoms with Gasteiger partial charge >= 0.3 is 0 Å². The molecule has 144 valence electrons. The second-order valence-electron chi connectivity index (χ2n) is 6.20. The zero-order valence-corrected chi connectivity index (χ0v) is 17.7. The minimum Gasteiger partial charge on any atom is -0.497 e. The number of nitrogens with zero attached hydrogens (tertiary/aromatic N) is 1. The lowest BCUT2D eigenvalue weighted by molar-refractivity contribution is 0.412. The fourth-order valence-electron chi connectivity index (χ4n) is 2.78. The highest BCUT2D eigenvalue weighted by atomic mass is 35.5. The number of ether oxygens (including phenoxy) is 1. The van der Waals surface area contributed by atoms with Crippen molar-refractivity contribution in [2.45, 2.75) is 13.1 Å². The van der Waals surface area contributed by atoms with Gasteiger partial charge in [-0.3, -0.25) is 0 Å². The molecule has 3 aromatic rings. The van der Waals surface area contributed by atoms with Crippen LogP contribution in [0, 0.1) is 0 Å². The summed E-state index contributed by atoms with van der Waals surface area (Å²) in [5.74, 6) is 0.761. The van der Waals surface area contributed by atoms with Gasteiger partial charge in [-0.15, -0.1) is 0 Å². The molecule has 0 aliphatic rings. The Bertz CT molecular complexity index is 930. The normalized spacial score (nSPS) is 10.4. The number of benzene rings is 3. The maximum Gasteiger partial charge on any atom is 0.174 e. The highest BCUT2D eigenvalue weighted by Gasteiger charge is 2.16. The van der Waals surface area contributed by atoms with Crippen molar-refractivity contribution in [3.8, 4) is 5.75 Å². The van der Waals surface area contributed by atoms with Crippen molar-refractivity contribution in [2.24, 2.45) is 0 Å². The van der Waals surface area contributed by atoms with E-state index in [4.69, 9.17) is 40.2 Å². The quantitative estimate of drug-likeness (QED) is 0.457. The van der Waals surface area contributed by atoms with Gasteiger partial charge in [0, 0.05) is 40.5 Å². The molecule has 0 saturated carbocycles. The third kappa shape index (κ3) is 5.38. The van der Waals surface area contributed by atoms with E-state index in [0.29, 0.717) is 28.2 Å². The van der Waals surface area contributed by atoms with Crippen molar-refractivity contribution in [3.63, 3.8) is 0 Å². The zero-order chi connectivity index (χ0) is 19.9. The van der Waals surface area contributed by atoms with E-state index in [1.165, 1.54) is 0 Å². The predicted octanol–water partition coefficient (Wildman–Crippen LogP) is 6.40. The predicted molar refractivity (Wildman–Crippen MR) is 121 cm³/mol. The monoisotopic (exact) mass is 430 g/mol. The van der Waals surface area contributed by atoms with E-state index in [1.807, 2.05) is 65.6 Å². The average Bonchev–Trinajstić information content (AvgIpc) is 2.71. The van der Waals surface area contributed by atoms with Crippen molar-refractivity contribution in [1.82, 2.24) is 4.90 Å². The number of anilines is 1. The number of hydrogen-bond acceptors (Lipinski definition) is 2. The van der Waals surface area contributed by atoms with Crippen LogP contribution in [0.2, 0.25) is 10.0 Å². The summed E-state index contributed by atoms with van der Waals surface area (Å²) in [6.45, 7) is 1.11. The van der Waals surface area contributed by atoms with E-state index in [0.717, 1.165) is 22.6 Å². The van der Waals surface area contributed by atoms with E-state index < -0.39 is 0 Å². The molecule has 0 aliphatic heterocycles. The lowest BCUT2D eigenvalue weighted by Gasteiger charge is -2.27. The Morgan fingerprint density at radius 1 is 0.929 bits per heavy atom. The minimum absolute atomic E-state index is 0.489. The molecule has 3 nitrogen and oxygen atoms in total. The summed E-state index contributed by atoms with van der Waals surface area (Å²) >= 11 is 18.5. The molecule has 0 bridgehead atoms. The number of nitrogens with one attached hydrogen (secondary N) is 1. The summed E-state index contributed by atoms with van der Waals surface area (Å²) in [6.07, 6.45) is 0. The van der Waals surface area contributed by atoms with E-state index in [9.17, 15) is 0 Å². The Morgan fingerprint density at radius 2 is 1.61 bits per heavy atom. The van der Waals surface area contributed by atoms with Gasteiger partial charge in [-0.1, -0.05) is 65.7 Å². The fraction of sp³-hybridized carbons (Fsp3) is 0.136. The van der Waals surface area contributed by atoms with Crippen molar-refractivity contribution >= 4 is 46.2 Å². The third-order valence-electron chi connectivity index (χ3n) is 4.24. The van der Waals surface area contributed by atoms with Gasteiger partial charge in [-0.25, -0.2) is 0 Å². The van der Waals surface area contributed by atoms with Gasteiger partial charge in [0.1, 0.15) is 5.75 Å². The molecular weight excluding hydrogens is 411 g/mol. The van der Waals surface area contributed by atoms with Crippen LogP contribution in [0.4, 0.5) is 5.69 Å². The molecule has 3 aromatic carbocycles. The number of thiocarbonyl (C=S) groups is 1. The molecule has 0 unspecified atom stereocenters. The number of halogens is 2. The summed E-state index contributed by atoms with van der Waals surface area (Å²) in [5.41, 5.74) is 2.84. The standard InChI is InChI=1S/C22H20Cl2N2OS/c1-27-18-10-5-9-17(13-18)25-22(28)26(14-16-7-3-2-4-8-16)15-19-20(23)11-6-12-21(19)24/h2-13H,14-15H2,1H3,(H,25,28). The molecule has 0 saturated heterocycles. The topological polar surface area (TPSA) is 24.5 Å². The molecule has 0 radical (unpaired) electrons. The SMILES string of the molecule is COc1cccc(NC(=S)N(Cc2ccccc2)Cc2c(Cl)cccc2Cl)c1. The van der Waals surface area contributed by atoms with Gasteiger partial charge in [-0.2, -0.15) is 0 Å². The zero-order valence-electron chi connectivity index (χ0n) is 15.4. The van der Waals surface area contributed by atoms with Crippen LogP contribution < -0.4 is 10.1 Å². The highest BCUT2D eigenvalue weighted by molar-refractivity contribution is 7.80. The second-order valence-corrected chi connectivity index (χ2v) is 7.41. The largest absolute Gasteiger partial charge is 0.497 e. The first-order valence-corrected chi connectivity index (χ1v) is 9.90. The molecule has 0 spiro atoms. The molecule has 0 heterocycles. The lowest BCUT2D eigenvalue weighted by atomic mass is 10.1. The minimum atomic E-state index is 0.489. The van der Waals surface area contributed by atoms with E-state index >= 15 is 0 Å². The smallest absolute Gasteiger partial charge is 0.174 e. The van der Waals surface area contributed by atoms with Crippen LogP contribution in [0.5, 0.6) is 5.75 Å². The van der Waals surface area contributed by atoms with Crippen LogP contribution in [0.25, 0.3) is 0 Å². The van der Waals surface area contributed by atoms with Gasteiger partial charge < -0.3 is 15.0 Å². The molecule has 0 amide bonds. The summed E-state index contributed by atoms with van der Waals surface area (Å²) in [4.78, 5) is 2.04. The number of hydrogen-bond donors (Lipinski definition) is 1. The van der Waals surface area contributed by atoms with Gasteiger partial charge in [0.15, 0.2) is 5.11 Å². The average molecular weight is 431 g/mol. The maximum absolute atomic E-state index is 6.39. The van der Waals surface area contributed by atoms with E-state index in [2.05, 4.69) is 17.4 Å². The van der Waals surface area contributed by atoms with Crippen LogP contribution in [0.15, 0.2) is 72.8 Å². The highest BCUT2D eigenvalue weighted by Crippen LogP contribution is 2.27. The molecule has 0 aliphatic carbocycles. The van der Waals surface area contributed by atoms with Crippen molar-refractivity contribution in [3.05, 3.63) is 94.0 Å². The Balaban J connectivity index is 1.85. The van der Waals surface area contributed by atoms with Crippen LogP contribution in [-0.2, 0) is 13.1 Å². The number of methoxy groups -OCH3 is 1. The molecule has 1 N–H and O–H groups in total. The Morgan fingerprint density at radius 3 is 2.29 bits per heavy atom. The van der Waals surface area contributed by atoms with Crippen LogP contribution in [0.1, 0.15) is 11.1 Å². The summed E-state index contributed by atoms with van der Waals surface area (Å²) in [5, 5.41) is 5.10. The first-order chi connectivity index (χ1) is 13.6. The lowest BCUT2D eigenvalue weighted by Crippen LogP contribution is -2.34. The Hall–Kier alpha value is -2.27. The first-order valence-electron chi connectivity index (χ1n) is 8.73. The Kier molecular flexibility index (Phi) is 7.15. The molecule has 6 heteroatoms. The maximum atomic E-state index is 6.39. The van der Waals surface area contributed by atoms with Gasteiger partial charge in [0.05, 0.1) is 7.11 Å². The molecule has 0 atom stereocenters. The molecule has 0 fully saturated rings. The molecule has 28 heavy (non-hydrogen) atoms. The van der Waals surface area contributed by atoms with Gasteiger partial charge in [-0.05, 0) is 42.0 Å². The second kappa shape index (κ2) is 9.78. The van der Waals surface area contributed by atoms with E-state index in [1.54, 1.807) is 7.11 Å². The van der Waals surface area contributed by atoms with Crippen molar-refractivity contribution in [1.29, 1.82) is 0 Å². The Labute approximate surface area is 180 Å². The van der Waals surface area contributed by atoms with Crippen molar-refractivity contribution in [2.75, 3.05) is 12.4 Å². The molecule has 0 aromatic heterocycles. The van der Waals surface area contributed by atoms with E-state index in [-0.39, 0.29) is 0 Å². The fourth-order valence-corrected chi connectivity index (χ4v) is 3.54. The van der Waals surface area contributed by atoms with Crippen LogP contribution in [-0.4, -0.2) is 17.1 Å². The number of rotatable bonds is 6. The molecular formula is C22H20Cl2N2OS. The van der Waals surface area contributed by atoms with Crippen LogP contribution in [0.3, 0.4) is 0 Å². The van der Waals surface area contributed by atoms with Crippen LogP contribution >= 0.6 is 35.4 Å². The van der Waals surface area contributed by atoms with Crippen molar-refractivity contribution < 1.29 is 4.74 Å². The summed E-state index contributed by atoms with van der Waals surface area (Å²) in [7, 11) is 1.64. The van der Waals surface area contributed by atoms with Gasteiger partial charge in [0.25, 0.3) is 0 Å². The summed E-state index contributed by atoms with van der Waals surface area (Å²) < 4.78 is 5.29. The third-order valence-corrected chi connectivity index (χ3v) is 5.30. The first kappa shape index (κ1) is 20.5.